The van der Waals surface area contributed by atoms with E-state index in [0.717, 1.165) is 11.2 Å². The van der Waals surface area contributed by atoms with Crippen molar-refractivity contribution >= 4 is 49.3 Å². The van der Waals surface area contributed by atoms with Crippen LogP contribution in [0.5, 0.6) is 0 Å². The fraction of sp³-hybridized carbons (Fsp3) is 0. The van der Waals surface area contributed by atoms with E-state index in [2.05, 4.69) is 15.3 Å². The predicted molar refractivity (Wildman–Crippen MR) is 115 cm³/mol. The maximum Gasteiger partial charge on any atom is 0.270 e. The van der Waals surface area contributed by atoms with Crippen LogP contribution < -0.4 is 5.32 Å². The number of amides is 1. The van der Waals surface area contributed by atoms with Gasteiger partial charge in [-0.2, -0.15) is 0 Å². The molecule has 0 fully saturated rings. The van der Waals surface area contributed by atoms with Crippen molar-refractivity contribution in [3.63, 3.8) is 0 Å². The summed E-state index contributed by atoms with van der Waals surface area (Å²) in [5.74, 6) is -0.320. The fourth-order valence-corrected chi connectivity index (χ4v) is 4.09. The number of carbonyl (C=O) groups excluding carboxylic acids is 1. The van der Waals surface area contributed by atoms with Gasteiger partial charge in [0.15, 0.2) is 5.13 Å². The second-order valence-corrected chi connectivity index (χ2v) is 7.57. The van der Waals surface area contributed by atoms with Gasteiger partial charge in [-0.1, -0.05) is 29.5 Å². The molecule has 1 amide bonds. The van der Waals surface area contributed by atoms with Crippen LogP contribution >= 0.6 is 11.3 Å². The van der Waals surface area contributed by atoms with Crippen LogP contribution in [0.25, 0.3) is 26.9 Å². The van der Waals surface area contributed by atoms with Gasteiger partial charge in [-0.3, -0.25) is 24.8 Å². The summed E-state index contributed by atoms with van der Waals surface area (Å²) < 4.78 is 2.59. The first-order valence-electron chi connectivity index (χ1n) is 8.97. The van der Waals surface area contributed by atoms with E-state index in [9.17, 15) is 14.9 Å². The fourth-order valence-electron chi connectivity index (χ4n) is 3.20. The number of hydrogen-bond acceptors (Lipinski definition) is 6. The minimum absolute atomic E-state index is 0.0107. The van der Waals surface area contributed by atoms with Gasteiger partial charge in [0.25, 0.3) is 11.6 Å². The van der Waals surface area contributed by atoms with Gasteiger partial charge in [0.1, 0.15) is 6.33 Å². The number of hydrogen-bond donors (Lipinski definition) is 1. The Bertz CT molecular complexity index is 1420. The summed E-state index contributed by atoms with van der Waals surface area (Å²) in [6.45, 7) is 0. The molecule has 5 aromatic rings. The Hall–Kier alpha value is -4.11. The number of nitrogens with zero attached hydrogens (tertiary/aromatic N) is 4. The summed E-state index contributed by atoms with van der Waals surface area (Å²) in [6.07, 6.45) is 1.72. The van der Waals surface area contributed by atoms with E-state index in [1.807, 2.05) is 41.0 Å². The van der Waals surface area contributed by atoms with Crippen LogP contribution in [0.1, 0.15) is 10.4 Å². The maximum absolute atomic E-state index is 12.7. The van der Waals surface area contributed by atoms with Crippen LogP contribution in [0, 0.1) is 10.1 Å². The Balaban J connectivity index is 1.42. The second-order valence-electron chi connectivity index (χ2n) is 6.54. The summed E-state index contributed by atoms with van der Waals surface area (Å²) in [4.78, 5) is 31.9. The van der Waals surface area contributed by atoms with E-state index < -0.39 is 4.92 Å². The molecule has 9 heteroatoms. The molecule has 0 radical (unpaired) electrons. The van der Waals surface area contributed by atoms with Crippen molar-refractivity contribution < 1.29 is 9.72 Å². The molecule has 0 aliphatic heterocycles. The Morgan fingerprint density at radius 2 is 1.87 bits per heavy atom. The first-order valence-corrected chi connectivity index (χ1v) is 9.79. The van der Waals surface area contributed by atoms with E-state index in [4.69, 9.17) is 0 Å². The minimum atomic E-state index is -0.457. The van der Waals surface area contributed by atoms with E-state index >= 15 is 0 Å². The number of anilines is 1. The molecule has 0 aliphatic rings. The van der Waals surface area contributed by atoms with Crippen LogP contribution in [0.15, 0.2) is 73.1 Å². The Labute approximate surface area is 173 Å². The van der Waals surface area contributed by atoms with Gasteiger partial charge in [0.05, 0.1) is 26.2 Å². The first-order chi connectivity index (χ1) is 14.6. The zero-order chi connectivity index (χ0) is 20.7. The number of fused-ring (bicyclic) bond motifs is 2. The second kappa shape index (κ2) is 7.05. The Kier molecular flexibility index (Phi) is 4.22. The molecule has 0 bridgehead atoms. The largest absolute Gasteiger partial charge is 0.299 e. The molecular weight excluding hydrogens is 402 g/mol. The van der Waals surface area contributed by atoms with Crippen LogP contribution in [-0.4, -0.2) is 25.4 Å². The highest BCUT2D eigenvalue weighted by Crippen LogP contribution is 2.29. The Morgan fingerprint density at radius 1 is 1.03 bits per heavy atom. The molecule has 0 saturated heterocycles. The first kappa shape index (κ1) is 18.0. The third-order valence-electron chi connectivity index (χ3n) is 4.65. The molecule has 3 aromatic carbocycles. The van der Waals surface area contributed by atoms with E-state index in [1.165, 1.54) is 23.5 Å². The van der Waals surface area contributed by atoms with E-state index in [0.29, 0.717) is 26.4 Å². The van der Waals surface area contributed by atoms with Gasteiger partial charge >= 0.3 is 0 Å². The summed E-state index contributed by atoms with van der Waals surface area (Å²) in [7, 11) is 0. The number of carbonyl (C=O) groups is 1. The SMILES string of the molecule is O=C(Nc1nc2ccc([N+](=O)[O-])cc2s1)c1ccc2c(c1)ncn2-c1ccccc1. The van der Waals surface area contributed by atoms with Crippen molar-refractivity contribution in [3.05, 3.63) is 88.7 Å². The highest BCUT2D eigenvalue weighted by atomic mass is 32.1. The minimum Gasteiger partial charge on any atom is -0.299 e. The molecule has 0 aliphatic carbocycles. The molecule has 0 saturated carbocycles. The van der Waals surface area contributed by atoms with Crippen molar-refractivity contribution in [2.75, 3.05) is 5.32 Å². The number of thiazole rings is 1. The molecule has 1 N–H and O–H groups in total. The number of imidazole rings is 1. The number of non-ortho nitro benzene ring substituents is 1. The summed E-state index contributed by atoms with van der Waals surface area (Å²) in [6, 6.07) is 19.6. The molecule has 0 spiro atoms. The van der Waals surface area contributed by atoms with Crippen molar-refractivity contribution in [3.8, 4) is 5.69 Å². The van der Waals surface area contributed by atoms with E-state index in [1.54, 1.807) is 24.5 Å². The zero-order valence-electron chi connectivity index (χ0n) is 15.4. The average molecular weight is 415 g/mol. The molecule has 2 heterocycles. The predicted octanol–water partition coefficient (Wildman–Crippen LogP) is 4.80. The van der Waals surface area contributed by atoms with Crippen molar-refractivity contribution in [1.29, 1.82) is 0 Å². The lowest BCUT2D eigenvalue weighted by molar-refractivity contribution is -0.384. The molecule has 8 nitrogen and oxygen atoms in total. The number of nitro benzene ring substituents is 1. The Morgan fingerprint density at radius 3 is 2.67 bits per heavy atom. The smallest absolute Gasteiger partial charge is 0.270 e. The van der Waals surface area contributed by atoms with Crippen LogP contribution in [0.4, 0.5) is 10.8 Å². The molecular formula is C21H13N5O3S. The van der Waals surface area contributed by atoms with Crippen LogP contribution in [-0.2, 0) is 0 Å². The van der Waals surface area contributed by atoms with Crippen LogP contribution in [0.3, 0.4) is 0 Å². The third kappa shape index (κ3) is 3.16. The lowest BCUT2D eigenvalue weighted by atomic mass is 10.2. The van der Waals surface area contributed by atoms with Crippen molar-refractivity contribution in [2.24, 2.45) is 0 Å². The molecule has 0 unspecified atom stereocenters. The number of para-hydroxylation sites is 1. The standard InChI is InChI=1S/C21H13N5O3S/c27-20(24-21-23-16-8-7-15(26(28)29)11-19(16)30-21)13-6-9-18-17(10-13)22-12-25(18)14-4-2-1-3-5-14/h1-12H,(H,23,24,27). The van der Waals surface area contributed by atoms with Crippen LogP contribution in [0.2, 0.25) is 0 Å². The zero-order valence-corrected chi connectivity index (χ0v) is 16.2. The monoisotopic (exact) mass is 415 g/mol. The van der Waals surface area contributed by atoms with Gasteiger partial charge < -0.3 is 0 Å². The van der Waals surface area contributed by atoms with Gasteiger partial charge in [0.2, 0.25) is 0 Å². The van der Waals surface area contributed by atoms with Gasteiger partial charge in [0, 0.05) is 23.4 Å². The average Bonchev–Trinajstić information content (AvgIpc) is 3.36. The molecule has 146 valence electrons. The molecule has 30 heavy (non-hydrogen) atoms. The third-order valence-corrected chi connectivity index (χ3v) is 5.58. The molecule has 2 aromatic heterocycles. The van der Waals surface area contributed by atoms with Gasteiger partial charge in [-0.05, 0) is 36.4 Å². The number of aromatic nitrogens is 3. The topological polar surface area (TPSA) is 103 Å². The van der Waals surface area contributed by atoms with Crippen molar-refractivity contribution in [1.82, 2.24) is 14.5 Å². The number of rotatable bonds is 4. The van der Waals surface area contributed by atoms with Gasteiger partial charge in [-0.25, -0.2) is 9.97 Å². The maximum atomic E-state index is 12.7. The highest BCUT2D eigenvalue weighted by molar-refractivity contribution is 7.22. The highest BCUT2D eigenvalue weighted by Gasteiger charge is 2.14. The molecule has 5 rings (SSSR count). The normalized spacial score (nSPS) is 11.1. The summed E-state index contributed by atoms with van der Waals surface area (Å²) in [5.41, 5.74) is 3.62. The van der Waals surface area contributed by atoms with Crippen molar-refractivity contribution in [2.45, 2.75) is 0 Å². The van der Waals surface area contributed by atoms with Gasteiger partial charge in [-0.15, -0.1) is 0 Å². The quantitative estimate of drug-likeness (QED) is 0.336. The number of nitrogens with one attached hydrogen (secondary N) is 1. The molecule has 0 atom stereocenters. The lowest BCUT2D eigenvalue weighted by Gasteiger charge is -2.05. The summed E-state index contributed by atoms with van der Waals surface area (Å²) in [5, 5.41) is 14.1. The summed E-state index contributed by atoms with van der Waals surface area (Å²) >= 11 is 1.19. The van der Waals surface area contributed by atoms with E-state index in [-0.39, 0.29) is 11.6 Å². The number of nitro groups is 1. The lowest BCUT2D eigenvalue weighted by Crippen LogP contribution is -2.11. The number of benzene rings is 3.